The predicted molar refractivity (Wildman–Crippen MR) is 46.7 cm³/mol. The minimum atomic E-state index is -2.38. The van der Waals surface area contributed by atoms with Crippen molar-refractivity contribution in [2.24, 2.45) is 0 Å². The molecule has 0 aromatic heterocycles. The summed E-state index contributed by atoms with van der Waals surface area (Å²) in [5, 5.41) is 0. The van der Waals surface area contributed by atoms with Crippen molar-refractivity contribution in [3.05, 3.63) is 41.5 Å². The van der Waals surface area contributed by atoms with E-state index in [1.54, 1.807) is 0 Å². The van der Waals surface area contributed by atoms with E-state index in [0.717, 1.165) is 6.07 Å². The summed E-state index contributed by atoms with van der Waals surface area (Å²) in [6.45, 7) is 1.28. The van der Waals surface area contributed by atoms with Crippen LogP contribution in [-0.4, -0.2) is 5.78 Å². The molecule has 0 aliphatic carbocycles. The molecule has 0 N–H and O–H groups in total. The normalized spacial score (nSPS) is 9.71. The van der Waals surface area contributed by atoms with E-state index in [9.17, 15) is 18.0 Å². The summed E-state index contributed by atoms with van der Waals surface area (Å²) in [5.74, 6) is -1.88. The molecule has 74 valence electrons. The number of ketones is 1. The summed E-state index contributed by atoms with van der Waals surface area (Å²) in [7, 11) is 0. The Bertz CT molecular complexity index is 392. The fourth-order valence-corrected chi connectivity index (χ4v) is 0.984. The van der Waals surface area contributed by atoms with Crippen LogP contribution in [0.2, 0.25) is 0 Å². The Morgan fingerprint density at radius 3 is 2.21 bits per heavy atom. The van der Waals surface area contributed by atoms with E-state index in [4.69, 9.17) is 0 Å². The lowest BCUT2D eigenvalue weighted by atomic mass is 10.1. The number of Topliss-reactive ketones (excluding diaryl/α,β-unsaturated/α-hetero) is 1. The molecule has 0 radical (unpaired) electrons. The zero-order valence-corrected chi connectivity index (χ0v) is 7.35. The maximum absolute atomic E-state index is 12.7. The Balaban J connectivity index is 3.19. The van der Waals surface area contributed by atoms with Crippen molar-refractivity contribution in [2.45, 2.75) is 6.92 Å². The van der Waals surface area contributed by atoms with Gasteiger partial charge in [-0.3, -0.25) is 4.79 Å². The van der Waals surface area contributed by atoms with Gasteiger partial charge >= 0.3 is 6.08 Å². The first-order valence-corrected chi connectivity index (χ1v) is 3.84. The van der Waals surface area contributed by atoms with E-state index >= 15 is 0 Å². The van der Waals surface area contributed by atoms with E-state index in [1.165, 1.54) is 25.1 Å². The highest BCUT2D eigenvalue weighted by Crippen LogP contribution is 2.22. The van der Waals surface area contributed by atoms with Gasteiger partial charge in [0.25, 0.3) is 0 Å². The van der Waals surface area contributed by atoms with Crippen LogP contribution in [0.25, 0.3) is 5.83 Å². The second-order valence-electron chi connectivity index (χ2n) is 2.71. The van der Waals surface area contributed by atoms with Gasteiger partial charge in [-0.25, -0.2) is 4.39 Å². The molecule has 0 bridgehead atoms. The molecule has 4 heteroatoms. The second kappa shape index (κ2) is 4.09. The first-order valence-electron chi connectivity index (χ1n) is 3.84. The molecule has 14 heavy (non-hydrogen) atoms. The highest BCUT2D eigenvalue weighted by Gasteiger charge is 2.09. The van der Waals surface area contributed by atoms with Crippen molar-refractivity contribution in [2.75, 3.05) is 0 Å². The third kappa shape index (κ3) is 2.22. The molecule has 0 fully saturated rings. The van der Waals surface area contributed by atoms with Crippen LogP contribution in [0.15, 0.2) is 30.3 Å². The van der Waals surface area contributed by atoms with Gasteiger partial charge < -0.3 is 0 Å². The molecule has 0 atom stereocenters. The van der Waals surface area contributed by atoms with Gasteiger partial charge in [-0.2, -0.15) is 8.78 Å². The quantitative estimate of drug-likeness (QED) is 0.668. The molecule has 0 saturated heterocycles. The van der Waals surface area contributed by atoms with Crippen molar-refractivity contribution >= 4 is 11.6 Å². The molecule has 1 aromatic carbocycles. The summed E-state index contributed by atoms with van der Waals surface area (Å²) in [6.07, 6.45) is -2.38. The van der Waals surface area contributed by atoms with Crippen molar-refractivity contribution in [1.82, 2.24) is 0 Å². The molecule has 0 unspecified atom stereocenters. The molecule has 0 aliphatic rings. The molecule has 0 aliphatic heterocycles. The number of hydrogen-bond acceptors (Lipinski definition) is 1. The Hall–Kier alpha value is -1.58. The van der Waals surface area contributed by atoms with Gasteiger partial charge in [-0.1, -0.05) is 18.2 Å². The maximum atomic E-state index is 12.7. The van der Waals surface area contributed by atoms with Crippen LogP contribution in [0.4, 0.5) is 13.2 Å². The predicted octanol–water partition coefficient (Wildman–Crippen LogP) is 3.42. The van der Waals surface area contributed by atoms with Gasteiger partial charge in [0.05, 0.1) is 0 Å². The fourth-order valence-electron chi connectivity index (χ4n) is 0.984. The standard InChI is InChI=1S/C10H7F3O/c1-6(14)7-3-2-4-8(5-7)9(11)10(12)13/h2-5H,1H3. The van der Waals surface area contributed by atoms with Crippen molar-refractivity contribution < 1.29 is 18.0 Å². The maximum Gasteiger partial charge on any atom is 0.306 e. The largest absolute Gasteiger partial charge is 0.306 e. The lowest BCUT2D eigenvalue weighted by Gasteiger charge is -1.99. The topological polar surface area (TPSA) is 17.1 Å². The summed E-state index contributed by atoms with van der Waals surface area (Å²) in [4.78, 5) is 10.9. The summed E-state index contributed by atoms with van der Waals surface area (Å²) >= 11 is 0. The number of benzene rings is 1. The Kier molecular flexibility index (Phi) is 3.06. The van der Waals surface area contributed by atoms with Crippen LogP contribution in [0.5, 0.6) is 0 Å². The lowest BCUT2D eigenvalue weighted by Crippen LogP contribution is -1.92. The van der Waals surface area contributed by atoms with Crippen LogP contribution in [0, 0.1) is 0 Å². The Labute approximate surface area is 78.9 Å². The smallest absolute Gasteiger partial charge is 0.295 e. The molecular weight excluding hydrogens is 193 g/mol. The van der Waals surface area contributed by atoms with Crippen LogP contribution < -0.4 is 0 Å². The first-order chi connectivity index (χ1) is 6.52. The van der Waals surface area contributed by atoms with E-state index in [1.807, 2.05) is 0 Å². The summed E-state index contributed by atoms with van der Waals surface area (Å²) < 4.78 is 36.5. The third-order valence-electron chi connectivity index (χ3n) is 1.69. The molecule has 0 spiro atoms. The number of carbonyl (C=O) groups excluding carboxylic acids is 1. The van der Waals surface area contributed by atoms with Gasteiger partial charge in [0, 0.05) is 11.1 Å². The Morgan fingerprint density at radius 2 is 1.71 bits per heavy atom. The molecular formula is C10H7F3O. The molecule has 1 nitrogen and oxygen atoms in total. The van der Waals surface area contributed by atoms with Gasteiger partial charge in [0.15, 0.2) is 11.6 Å². The van der Waals surface area contributed by atoms with Crippen molar-refractivity contribution in [3.8, 4) is 0 Å². The summed E-state index contributed by atoms with van der Waals surface area (Å²) in [5.41, 5.74) is -0.0726. The highest BCUT2D eigenvalue weighted by molar-refractivity contribution is 5.94. The molecule has 1 rings (SSSR count). The zero-order chi connectivity index (χ0) is 10.7. The van der Waals surface area contributed by atoms with Crippen LogP contribution in [-0.2, 0) is 0 Å². The average Bonchev–Trinajstić information content (AvgIpc) is 2.16. The zero-order valence-electron chi connectivity index (χ0n) is 7.35. The number of carbonyl (C=O) groups is 1. The SMILES string of the molecule is CC(=O)c1cccc(C(F)=C(F)F)c1. The minimum absolute atomic E-state index is 0.207. The van der Waals surface area contributed by atoms with E-state index in [0.29, 0.717) is 0 Å². The number of halogens is 3. The van der Waals surface area contributed by atoms with Crippen molar-refractivity contribution in [3.63, 3.8) is 0 Å². The van der Waals surface area contributed by atoms with E-state index < -0.39 is 11.9 Å². The van der Waals surface area contributed by atoms with Gasteiger partial charge in [0.1, 0.15) is 0 Å². The van der Waals surface area contributed by atoms with Gasteiger partial charge in [-0.15, -0.1) is 0 Å². The number of rotatable bonds is 2. The fraction of sp³-hybridized carbons (Fsp3) is 0.100. The van der Waals surface area contributed by atoms with Crippen LogP contribution >= 0.6 is 0 Å². The third-order valence-corrected chi connectivity index (χ3v) is 1.69. The molecule has 0 saturated carbocycles. The van der Waals surface area contributed by atoms with Crippen LogP contribution in [0.3, 0.4) is 0 Å². The Morgan fingerprint density at radius 1 is 1.14 bits per heavy atom. The van der Waals surface area contributed by atoms with Gasteiger partial charge in [0.2, 0.25) is 0 Å². The van der Waals surface area contributed by atoms with E-state index in [2.05, 4.69) is 0 Å². The highest BCUT2D eigenvalue weighted by atomic mass is 19.3. The second-order valence-corrected chi connectivity index (χ2v) is 2.71. The number of hydrogen-bond donors (Lipinski definition) is 0. The van der Waals surface area contributed by atoms with Crippen molar-refractivity contribution in [1.29, 1.82) is 0 Å². The molecule has 0 amide bonds. The first kappa shape index (κ1) is 10.5. The monoisotopic (exact) mass is 200 g/mol. The van der Waals surface area contributed by atoms with Gasteiger partial charge in [-0.05, 0) is 13.0 Å². The lowest BCUT2D eigenvalue weighted by molar-refractivity contribution is 0.101. The molecule has 1 aromatic rings. The molecule has 0 heterocycles. The average molecular weight is 200 g/mol. The van der Waals surface area contributed by atoms with Crippen LogP contribution in [0.1, 0.15) is 22.8 Å². The van der Waals surface area contributed by atoms with E-state index in [-0.39, 0.29) is 16.9 Å². The summed E-state index contributed by atoms with van der Waals surface area (Å²) in [6, 6.07) is 5.07. The minimum Gasteiger partial charge on any atom is -0.295 e.